The van der Waals surface area contributed by atoms with Crippen LogP contribution in [-0.2, 0) is 4.79 Å². The fourth-order valence-corrected chi connectivity index (χ4v) is 1.30. The number of pyridine rings is 1. The molecule has 1 heterocycles. The lowest BCUT2D eigenvalue weighted by atomic mass is 10.1. The summed E-state index contributed by atoms with van der Waals surface area (Å²) in [4.78, 5) is 26.4. The van der Waals surface area contributed by atoms with Crippen LogP contribution in [0, 0.1) is 5.92 Å². The fraction of sp³-hybridized carbons (Fsp3) is 0.462. The van der Waals surface area contributed by atoms with Crippen molar-refractivity contribution in [2.45, 2.75) is 26.7 Å². The van der Waals surface area contributed by atoms with E-state index >= 15 is 0 Å². The van der Waals surface area contributed by atoms with Gasteiger partial charge < -0.3 is 10.4 Å². The Bertz CT molecular complexity index is 426. The van der Waals surface area contributed by atoms with Crippen molar-refractivity contribution < 1.29 is 14.7 Å². The molecule has 0 aliphatic heterocycles. The minimum absolute atomic E-state index is 0.0990. The Morgan fingerprint density at radius 1 is 1.33 bits per heavy atom. The summed E-state index contributed by atoms with van der Waals surface area (Å²) in [5.74, 6) is -1.53. The number of carboxylic acids is 1. The van der Waals surface area contributed by atoms with Gasteiger partial charge in [-0.1, -0.05) is 26.8 Å². The van der Waals surface area contributed by atoms with Crippen LogP contribution in [0.1, 0.15) is 42.7 Å². The van der Waals surface area contributed by atoms with Crippen LogP contribution < -0.4 is 5.32 Å². The summed E-state index contributed by atoms with van der Waals surface area (Å²) in [6.45, 7) is 5.73. The molecule has 1 amide bonds. The maximum atomic E-state index is 11.7. The molecule has 0 spiro atoms. The normalized spacial score (nSPS) is 12.2. The highest BCUT2D eigenvalue weighted by Crippen LogP contribution is 2.12. The third kappa shape index (κ3) is 3.84. The third-order valence-corrected chi connectivity index (χ3v) is 2.68. The Kier molecular flexibility index (Phi) is 4.83. The van der Waals surface area contributed by atoms with Crippen molar-refractivity contribution in [3.8, 4) is 0 Å². The summed E-state index contributed by atoms with van der Waals surface area (Å²) < 4.78 is 0. The van der Waals surface area contributed by atoms with Gasteiger partial charge in [0.2, 0.25) is 0 Å². The van der Waals surface area contributed by atoms with Gasteiger partial charge in [-0.25, -0.2) is 0 Å². The van der Waals surface area contributed by atoms with Crippen molar-refractivity contribution in [2.75, 3.05) is 6.54 Å². The van der Waals surface area contributed by atoms with Crippen LogP contribution >= 0.6 is 0 Å². The number of carbonyl (C=O) groups excluding carboxylic acids is 1. The Balaban J connectivity index is 2.59. The molecule has 0 aliphatic rings. The van der Waals surface area contributed by atoms with Crippen molar-refractivity contribution in [3.63, 3.8) is 0 Å². The van der Waals surface area contributed by atoms with Gasteiger partial charge in [-0.05, 0) is 17.5 Å². The monoisotopic (exact) mass is 250 g/mol. The van der Waals surface area contributed by atoms with Crippen LogP contribution in [0.2, 0.25) is 0 Å². The molecule has 5 nitrogen and oxygen atoms in total. The SMILES string of the molecule is CC(CNC(=O)c1ccc(C(C)C)cn1)C(=O)O. The first kappa shape index (κ1) is 14.2. The molecule has 0 saturated heterocycles. The van der Waals surface area contributed by atoms with Gasteiger partial charge in [0, 0.05) is 12.7 Å². The Hall–Kier alpha value is -1.91. The first-order valence-corrected chi connectivity index (χ1v) is 5.88. The van der Waals surface area contributed by atoms with Crippen molar-refractivity contribution in [3.05, 3.63) is 29.6 Å². The molecule has 98 valence electrons. The zero-order valence-corrected chi connectivity index (χ0v) is 10.8. The molecular formula is C13H18N2O3. The molecule has 1 aromatic rings. The van der Waals surface area contributed by atoms with Crippen molar-refractivity contribution >= 4 is 11.9 Å². The number of nitrogens with one attached hydrogen (secondary N) is 1. The van der Waals surface area contributed by atoms with Crippen molar-refractivity contribution in [1.29, 1.82) is 0 Å². The number of rotatable bonds is 5. The number of aromatic nitrogens is 1. The molecule has 2 N–H and O–H groups in total. The standard InChI is InChI=1S/C13H18N2O3/c1-8(2)10-4-5-11(14-7-10)12(16)15-6-9(3)13(17)18/h4-5,7-9H,6H2,1-3H3,(H,15,16)(H,17,18). The molecule has 0 aliphatic carbocycles. The third-order valence-electron chi connectivity index (χ3n) is 2.68. The second-order valence-electron chi connectivity index (χ2n) is 4.58. The number of carboxylic acid groups (broad SMARTS) is 1. The molecule has 1 rings (SSSR count). The number of amides is 1. The van der Waals surface area contributed by atoms with Gasteiger partial charge in [0.15, 0.2) is 0 Å². The number of nitrogens with zero attached hydrogens (tertiary/aromatic N) is 1. The number of carbonyl (C=O) groups is 2. The molecule has 0 saturated carbocycles. The molecule has 0 fully saturated rings. The van der Waals surface area contributed by atoms with Gasteiger partial charge in [-0.2, -0.15) is 0 Å². The van der Waals surface area contributed by atoms with Crippen LogP contribution in [0.4, 0.5) is 0 Å². The van der Waals surface area contributed by atoms with E-state index in [1.165, 1.54) is 6.92 Å². The molecule has 1 unspecified atom stereocenters. The predicted molar refractivity (Wildman–Crippen MR) is 67.5 cm³/mol. The largest absolute Gasteiger partial charge is 0.481 e. The summed E-state index contributed by atoms with van der Waals surface area (Å²) in [7, 11) is 0. The van der Waals surface area contributed by atoms with E-state index in [-0.39, 0.29) is 12.5 Å². The maximum absolute atomic E-state index is 11.7. The Morgan fingerprint density at radius 2 is 2.00 bits per heavy atom. The summed E-state index contributed by atoms with van der Waals surface area (Å²) in [5.41, 5.74) is 1.36. The predicted octanol–water partition coefficient (Wildman–Crippen LogP) is 1.66. The second-order valence-corrected chi connectivity index (χ2v) is 4.58. The summed E-state index contributed by atoms with van der Waals surface area (Å²) in [5, 5.41) is 11.2. The van der Waals surface area contributed by atoms with E-state index in [0.717, 1.165) is 5.56 Å². The molecule has 1 aromatic heterocycles. The minimum Gasteiger partial charge on any atom is -0.481 e. The van der Waals surface area contributed by atoms with E-state index in [0.29, 0.717) is 11.6 Å². The first-order valence-electron chi connectivity index (χ1n) is 5.88. The molecule has 0 radical (unpaired) electrons. The summed E-state index contributed by atoms with van der Waals surface area (Å²) in [6, 6.07) is 3.50. The highest BCUT2D eigenvalue weighted by Gasteiger charge is 2.13. The number of hydrogen-bond acceptors (Lipinski definition) is 3. The van der Waals surface area contributed by atoms with Crippen LogP contribution in [0.25, 0.3) is 0 Å². The topological polar surface area (TPSA) is 79.3 Å². The fourth-order valence-electron chi connectivity index (χ4n) is 1.30. The van der Waals surface area contributed by atoms with E-state index in [2.05, 4.69) is 10.3 Å². The van der Waals surface area contributed by atoms with Crippen LogP contribution in [0.5, 0.6) is 0 Å². The Morgan fingerprint density at radius 3 is 2.44 bits per heavy atom. The number of aliphatic carboxylic acids is 1. The van der Waals surface area contributed by atoms with Crippen molar-refractivity contribution in [2.24, 2.45) is 5.92 Å². The molecule has 5 heteroatoms. The van der Waals surface area contributed by atoms with Crippen molar-refractivity contribution in [1.82, 2.24) is 10.3 Å². The maximum Gasteiger partial charge on any atom is 0.308 e. The van der Waals surface area contributed by atoms with Gasteiger partial charge in [-0.15, -0.1) is 0 Å². The highest BCUT2D eigenvalue weighted by molar-refractivity contribution is 5.92. The van der Waals surface area contributed by atoms with E-state index in [1.54, 1.807) is 12.3 Å². The van der Waals surface area contributed by atoms with Gasteiger partial charge in [-0.3, -0.25) is 14.6 Å². The van der Waals surface area contributed by atoms with Crippen LogP contribution in [-0.4, -0.2) is 28.5 Å². The highest BCUT2D eigenvalue weighted by atomic mass is 16.4. The lowest BCUT2D eigenvalue weighted by Gasteiger charge is -2.09. The molecule has 1 atom stereocenters. The van der Waals surface area contributed by atoms with Crippen LogP contribution in [0.15, 0.2) is 18.3 Å². The van der Waals surface area contributed by atoms with Gasteiger partial charge in [0.25, 0.3) is 5.91 Å². The van der Waals surface area contributed by atoms with Gasteiger partial charge in [0.1, 0.15) is 5.69 Å². The van der Waals surface area contributed by atoms with E-state index in [9.17, 15) is 9.59 Å². The average Bonchev–Trinajstić information content (AvgIpc) is 2.35. The van der Waals surface area contributed by atoms with E-state index in [1.807, 2.05) is 19.9 Å². The lowest BCUT2D eigenvalue weighted by molar-refractivity contribution is -0.140. The van der Waals surface area contributed by atoms with E-state index in [4.69, 9.17) is 5.11 Å². The zero-order chi connectivity index (χ0) is 13.7. The molecule has 0 aromatic carbocycles. The second kappa shape index (κ2) is 6.14. The number of hydrogen-bond donors (Lipinski definition) is 2. The molecule has 18 heavy (non-hydrogen) atoms. The lowest BCUT2D eigenvalue weighted by Crippen LogP contribution is -2.31. The van der Waals surface area contributed by atoms with Crippen LogP contribution in [0.3, 0.4) is 0 Å². The summed E-state index contributed by atoms with van der Waals surface area (Å²) >= 11 is 0. The summed E-state index contributed by atoms with van der Waals surface area (Å²) in [6.07, 6.45) is 1.67. The Labute approximate surface area is 106 Å². The zero-order valence-electron chi connectivity index (χ0n) is 10.8. The first-order chi connectivity index (χ1) is 8.41. The van der Waals surface area contributed by atoms with E-state index < -0.39 is 11.9 Å². The molecular weight excluding hydrogens is 232 g/mol. The minimum atomic E-state index is -0.932. The van der Waals surface area contributed by atoms with Gasteiger partial charge in [0.05, 0.1) is 5.92 Å². The quantitative estimate of drug-likeness (QED) is 0.832. The molecule has 0 bridgehead atoms. The smallest absolute Gasteiger partial charge is 0.308 e. The average molecular weight is 250 g/mol. The van der Waals surface area contributed by atoms with Gasteiger partial charge >= 0.3 is 5.97 Å².